The van der Waals surface area contributed by atoms with Crippen molar-refractivity contribution in [3.05, 3.63) is 12.1 Å². The highest BCUT2D eigenvalue weighted by Gasteiger charge is 2.07. The van der Waals surface area contributed by atoms with E-state index in [1.807, 2.05) is 6.26 Å². The van der Waals surface area contributed by atoms with Gasteiger partial charge in [0.05, 0.1) is 0 Å². The fourth-order valence-electron chi connectivity index (χ4n) is 1.14. The lowest BCUT2D eigenvalue weighted by Crippen LogP contribution is -2.06. The second kappa shape index (κ2) is 3.90. The van der Waals surface area contributed by atoms with Crippen LogP contribution in [0.3, 0.4) is 0 Å². The molecule has 0 aliphatic rings. The molecule has 2 aromatic heterocycles. The van der Waals surface area contributed by atoms with E-state index in [0.29, 0.717) is 22.3 Å². The molecule has 0 saturated carbocycles. The smallest absolute Gasteiger partial charge is 0.258 e. The third kappa shape index (κ3) is 2.10. The number of nitrogens with zero attached hydrogens (tertiary/aromatic N) is 2. The fraction of sp³-hybridized carbons (Fsp3) is 0.222. The minimum absolute atomic E-state index is 0.157. The number of oxazole rings is 1. The molecule has 0 aromatic carbocycles. The van der Waals surface area contributed by atoms with Gasteiger partial charge in [-0.2, -0.15) is 4.98 Å². The molecule has 15 heavy (non-hydrogen) atoms. The molecule has 2 heterocycles. The first-order valence-electron chi connectivity index (χ1n) is 4.28. The highest BCUT2D eigenvalue weighted by Crippen LogP contribution is 2.21. The number of carbonyl (C=O) groups excluding carboxylic acids is 1. The van der Waals surface area contributed by atoms with Crippen molar-refractivity contribution in [1.29, 1.82) is 0 Å². The van der Waals surface area contributed by atoms with E-state index in [1.54, 1.807) is 12.1 Å². The lowest BCUT2D eigenvalue weighted by Gasteiger charge is -1.98. The van der Waals surface area contributed by atoms with Gasteiger partial charge in [-0.25, -0.2) is 4.98 Å². The van der Waals surface area contributed by atoms with Crippen molar-refractivity contribution in [1.82, 2.24) is 9.97 Å². The van der Waals surface area contributed by atoms with Crippen LogP contribution in [-0.4, -0.2) is 22.1 Å². The van der Waals surface area contributed by atoms with Crippen LogP contribution in [0, 0.1) is 0 Å². The molecule has 78 valence electrons. The number of anilines is 1. The molecule has 0 saturated heterocycles. The van der Waals surface area contributed by atoms with Crippen molar-refractivity contribution in [3.63, 3.8) is 0 Å². The van der Waals surface area contributed by atoms with Crippen LogP contribution in [0.1, 0.15) is 6.92 Å². The van der Waals surface area contributed by atoms with Crippen LogP contribution in [0.25, 0.3) is 11.2 Å². The van der Waals surface area contributed by atoms with Crippen molar-refractivity contribution in [2.24, 2.45) is 0 Å². The summed E-state index contributed by atoms with van der Waals surface area (Å²) in [5.74, 6) is 0.325. The van der Waals surface area contributed by atoms with Gasteiger partial charge in [-0.05, 0) is 18.4 Å². The van der Waals surface area contributed by atoms with E-state index in [2.05, 4.69) is 15.3 Å². The quantitative estimate of drug-likeness (QED) is 0.787. The standard InChI is InChI=1S/C9H9N3O2S/c1-5(13)10-7-4-3-6-8(11-7)12-9(14-6)15-2/h3-4H,1-2H3,(H,10,11,13). The summed E-state index contributed by atoms with van der Waals surface area (Å²) in [5, 5.41) is 3.15. The minimum atomic E-state index is -0.157. The maximum atomic E-state index is 10.8. The van der Waals surface area contributed by atoms with Gasteiger partial charge in [0.15, 0.2) is 5.58 Å². The monoisotopic (exact) mass is 223 g/mol. The van der Waals surface area contributed by atoms with Crippen molar-refractivity contribution in [2.75, 3.05) is 11.6 Å². The van der Waals surface area contributed by atoms with E-state index >= 15 is 0 Å². The summed E-state index contributed by atoms with van der Waals surface area (Å²) in [7, 11) is 0. The van der Waals surface area contributed by atoms with Crippen molar-refractivity contribution in [2.45, 2.75) is 12.1 Å². The van der Waals surface area contributed by atoms with Gasteiger partial charge >= 0.3 is 0 Å². The molecule has 2 aromatic rings. The number of fused-ring (bicyclic) bond motifs is 1. The van der Waals surface area contributed by atoms with E-state index in [-0.39, 0.29) is 5.91 Å². The van der Waals surface area contributed by atoms with Gasteiger partial charge in [-0.15, -0.1) is 0 Å². The second-order valence-electron chi connectivity index (χ2n) is 2.88. The Hall–Kier alpha value is -1.56. The average Bonchev–Trinajstić information content (AvgIpc) is 2.58. The molecule has 0 aliphatic heterocycles. The zero-order chi connectivity index (χ0) is 10.8. The Morgan fingerprint density at radius 1 is 1.47 bits per heavy atom. The van der Waals surface area contributed by atoms with Crippen LogP contribution in [0.4, 0.5) is 5.82 Å². The summed E-state index contributed by atoms with van der Waals surface area (Å²) in [5.41, 5.74) is 1.12. The number of carbonyl (C=O) groups is 1. The largest absolute Gasteiger partial charge is 0.430 e. The zero-order valence-electron chi connectivity index (χ0n) is 8.27. The SMILES string of the molecule is CSc1nc2nc(NC(C)=O)ccc2o1. The topological polar surface area (TPSA) is 68.0 Å². The Morgan fingerprint density at radius 2 is 2.27 bits per heavy atom. The number of rotatable bonds is 2. The number of amides is 1. The Labute approximate surface area is 90.3 Å². The summed E-state index contributed by atoms with van der Waals surface area (Å²) in [4.78, 5) is 19.1. The molecule has 1 N–H and O–H groups in total. The van der Waals surface area contributed by atoms with E-state index in [9.17, 15) is 4.79 Å². The zero-order valence-corrected chi connectivity index (χ0v) is 9.09. The van der Waals surface area contributed by atoms with Crippen LogP contribution in [0.15, 0.2) is 21.8 Å². The first-order chi connectivity index (χ1) is 7.19. The Balaban J connectivity index is 2.41. The molecule has 0 bridgehead atoms. The number of thioether (sulfide) groups is 1. The van der Waals surface area contributed by atoms with Crippen molar-refractivity contribution >= 4 is 34.7 Å². The van der Waals surface area contributed by atoms with Crippen LogP contribution < -0.4 is 5.32 Å². The molecular formula is C9H9N3O2S. The number of pyridine rings is 1. The summed E-state index contributed by atoms with van der Waals surface area (Å²) in [6.07, 6.45) is 1.87. The Kier molecular flexibility index (Phi) is 2.59. The number of hydrogen-bond donors (Lipinski definition) is 1. The summed E-state index contributed by atoms with van der Waals surface area (Å²) < 4.78 is 5.35. The third-order valence-electron chi connectivity index (χ3n) is 1.71. The van der Waals surface area contributed by atoms with Crippen molar-refractivity contribution < 1.29 is 9.21 Å². The first kappa shape index (κ1) is 9.97. The van der Waals surface area contributed by atoms with Gasteiger partial charge in [0.25, 0.3) is 5.22 Å². The van der Waals surface area contributed by atoms with Gasteiger partial charge in [-0.1, -0.05) is 11.8 Å². The average molecular weight is 223 g/mol. The normalized spacial score (nSPS) is 10.5. The molecule has 0 spiro atoms. The Morgan fingerprint density at radius 3 is 2.93 bits per heavy atom. The van der Waals surface area contributed by atoms with Crippen LogP contribution in [0.2, 0.25) is 0 Å². The van der Waals surface area contributed by atoms with Gasteiger partial charge in [0.1, 0.15) is 5.82 Å². The molecule has 2 rings (SSSR count). The van der Waals surface area contributed by atoms with Gasteiger partial charge in [-0.3, -0.25) is 4.79 Å². The molecule has 0 atom stereocenters. The number of nitrogens with one attached hydrogen (secondary N) is 1. The Bertz CT molecular complexity index is 509. The summed E-state index contributed by atoms with van der Waals surface area (Å²) in [6.45, 7) is 1.43. The summed E-state index contributed by atoms with van der Waals surface area (Å²) in [6, 6.07) is 3.42. The number of hydrogen-bond acceptors (Lipinski definition) is 5. The summed E-state index contributed by atoms with van der Waals surface area (Å²) >= 11 is 1.41. The minimum Gasteiger partial charge on any atom is -0.430 e. The van der Waals surface area contributed by atoms with Crippen LogP contribution in [-0.2, 0) is 4.79 Å². The molecule has 0 fully saturated rings. The molecule has 0 unspecified atom stereocenters. The first-order valence-corrected chi connectivity index (χ1v) is 5.50. The second-order valence-corrected chi connectivity index (χ2v) is 3.64. The molecular weight excluding hydrogens is 214 g/mol. The van der Waals surface area contributed by atoms with Crippen LogP contribution in [0.5, 0.6) is 0 Å². The lowest BCUT2D eigenvalue weighted by molar-refractivity contribution is -0.114. The highest BCUT2D eigenvalue weighted by atomic mass is 32.2. The third-order valence-corrected chi connectivity index (χ3v) is 2.24. The molecule has 1 amide bonds. The lowest BCUT2D eigenvalue weighted by atomic mass is 10.4. The van der Waals surface area contributed by atoms with Gasteiger partial charge < -0.3 is 9.73 Å². The maximum absolute atomic E-state index is 10.8. The van der Waals surface area contributed by atoms with E-state index < -0.39 is 0 Å². The predicted octanol–water partition coefficient (Wildman–Crippen LogP) is 1.90. The fourth-order valence-corrected chi connectivity index (χ4v) is 1.49. The van der Waals surface area contributed by atoms with Crippen LogP contribution >= 0.6 is 11.8 Å². The predicted molar refractivity (Wildman–Crippen MR) is 57.9 cm³/mol. The molecule has 0 aliphatic carbocycles. The van der Waals surface area contributed by atoms with E-state index in [1.165, 1.54) is 18.7 Å². The molecule has 0 radical (unpaired) electrons. The van der Waals surface area contributed by atoms with Crippen molar-refractivity contribution in [3.8, 4) is 0 Å². The maximum Gasteiger partial charge on any atom is 0.258 e. The molecule has 6 heteroatoms. The van der Waals surface area contributed by atoms with Gasteiger partial charge in [0.2, 0.25) is 11.6 Å². The van der Waals surface area contributed by atoms with Gasteiger partial charge in [0, 0.05) is 6.92 Å². The number of aromatic nitrogens is 2. The van der Waals surface area contributed by atoms with E-state index in [0.717, 1.165) is 0 Å². The highest BCUT2D eigenvalue weighted by molar-refractivity contribution is 7.98. The van der Waals surface area contributed by atoms with E-state index in [4.69, 9.17) is 4.42 Å². The molecule has 5 nitrogen and oxygen atoms in total.